The first-order valence-electron chi connectivity index (χ1n) is 4.87. The van der Waals surface area contributed by atoms with E-state index in [9.17, 15) is 0 Å². The molecule has 5 heteroatoms. The van der Waals surface area contributed by atoms with Gasteiger partial charge in [-0.2, -0.15) is 0 Å². The van der Waals surface area contributed by atoms with E-state index in [0.717, 1.165) is 18.7 Å². The van der Waals surface area contributed by atoms with Crippen molar-refractivity contribution in [2.24, 2.45) is 5.73 Å². The third kappa shape index (κ3) is 5.37. The van der Waals surface area contributed by atoms with Crippen LogP contribution in [0.1, 0.15) is 12.5 Å². The molecular weight excluding hydrogens is 266 g/mol. The summed E-state index contributed by atoms with van der Waals surface area (Å²) in [4.78, 5) is 2.16. The summed E-state index contributed by atoms with van der Waals surface area (Å²) in [5.41, 5.74) is 6.86. The normalized spacial score (nSPS) is 12.4. The van der Waals surface area contributed by atoms with Crippen molar-refractivity contribution >= 4 is 35.6 Å². The Balaban J connectivity index is 0.00000225. The summed E-state index contributed by atoms with van der Waals surface area (Å²) < 4.78 is 0. The van der Waals surface area contributed by atoms with Gasteiger partial charge in [0.15, 0.2) is 0 Å². The van der Waals surface area contributed by atoms with Crippen molar-refractivity contribution in [3.05, 3.63) is 33.8 Å². The molecule has 1 atom stereocenters. The van der Waals surface area contributed by atoms with E-state index in [1.165, 1.54) is 0 Å². The molecule has 0 aliphatic rings. The van der Waals surface area contributed by atoms with Crippen LogP contribution >= 0.6 is 35.6 Å². The van der Waals surface area contributed by atoms with Crippen LogP contribution in [0.4, 0.5) is 0 Å². The van der Waals surface area contributed by atoms with Gasteiger partial charge in [0.1, 0.15) is 0 Å². The highest BCUT2D eigenvalue weighted by Crippen LogP contribution is 2.22. The zero-order valence-corrected chi connectivity index (χ0v) is 11.7. The minimum atomic E-state index is 0. The Bertz CT molecular complexity index is 329. The maximum absolute atomic E-state index is 5.93. The van der Waals surface area contributed by atoms with Crippen molar-refractivity contribution in [2.75, 3.05) is 13.6 Å². The zero-order chi connectivity index (χ0) is 11.4. The summed E-state index contributed by atoms with van der Waals surface area (Å²) in [5.74, 6) is 0. The number of hydrogen-bond donors (Lipinski definition) is 1. The number of benzene rings is 1. The quantitative estimate of drug-likeness (QED) is 0.919. The minimum Gasteiger partial charge on any atom is -0.327 e. The molecule has 16 heavy (non-hydrogen) atoms. The SMILES string of the molecule is CC(N)CN(C)Cc1ccc(Cl)c(Cl)c1.Cl. The number of nitrogens with two attached hydrogens (primary N) is 1. The van der Waals surface area contributed by atoms with Crippen LogP contribution in [0.2, 0.25) is 10.0 Å². The molecule has 92 valence electrons. The Morgan fingerprint density at radius 2 is 1.94 bits per heavy atom. The predicted molar refractivity (Wildman–Crippen MR) is 73.7 cm³/mol. The Hall–Kier alpha value is 0.01000. The first-order chi connectivity index (χ1) is 6.99. The number of hydrogen-bond acceptors (Lipinski definition) is 2. The highest BCUT2D eigenvalue weighted by atomic mass is 35.5. The van der Waals surface area contributed by atoms with Gasteiger partial charge in [0.25, 0.3) is 0 Å². The molecule has 2 nitrogen and oxygen atoms in total. The number of likely N-dealkylation sites (N-methyl/N-ethyl adjacent to an activating group) is 1. The largest absolute Gasteiger partial charge is 0.327 e. The molecule has 1 unspecified atom stereocenters. The van der Waals surface area contributed by atoms with Crippen LogP contribution in [0.3, 0.4) is 0 Å². The van der Waals surface area contributed by atoms with Crippen LogP contribution in [0.15, 0.2) is 18.2 Å². The Morgan fingerprint density at radius 3 is 2.44 bits per heavy atom. The van der Waals surface area contributed by atoms with Crippen LogP contribution in [0.25, 0.3) is 0 Å². The summed E-state index contributed by atoms with van der Waals surface area (Å²) >= 11 is 11.8. The maximum Gasteiger partial charge on any atom is 0.0595 e. The smallest absolute Gasteiger partial charge is 0.0595 e. The third-order valence-electron chi connectivity index (χ3n) is 2.04. The summed E-state index contributed by atoms with van der Waals surface area (Å²) in [6.45, 7) is 3.68. The van der Waals surface area contributed by atoms with Gasteiger partial charge < -0.3 is 10.6 Å². The van der Waals surface area contributed by atoms with Gasteiger partial charge in [-0.25, -0.2) is 0 Å². The highest BCUT2D eigenvalue weighted by Gasteiger charge is 2.04. The van der Waals surface area contributed by atoms with E-state index >= 15 is 0 Å². The lowest BCUT2D eigenvalue weighted by atomic mass is 10.2. The van der Waals surface area contributed by atoms with Gasteiger partial charge in [0.2, 0.25) is 0 Å². The molecule has 0 heterocycles. The van der Waals surface area contributed by atoms with E-state index in [-0.39, 0.29) is 18.4 Å². The lowest BCUT2D eigenvalue weighted by Crippen LogP contribution is -2.32. The molecule has 1 aromatic carbocycles. The van der Waals surface area contributed by atoms with E-state index in [1.54, 1.807) is 0 Å². The fourth-order valence-corrected chi connectivity index (χ4v) is 1.83. The van der Waals surface area contributed by atoms with Gasteiger partial charge >= 0.3 is 0 Å². The average Bonchev–Trinajstić information content (AvgIpc) is 2.10. The third-order valence-corrected chi connectivity index (χ3v) is 2.78. The molecule has 0 aliphatic heterocycles. The molecule has 0 amide bonds. The number of halogens is 3. The van der Waals surface area contributed by atoms with Crippen LogP contribution in [0.5, 0.6) is 0 Å². The first kappa shape index (κ1) is 16.0. The second-order valence-corrected chi connectivity index (χ2v) is 4.74. The fourth-order valence-electron chi connectivity index (χ4n) is 1.51. The average molecular weight is 284 g/mol. The van der Waals surface area contributed by atoms with Gasteiger partial charge in [-0.05, 0) is 31.7 Å². The molecule has 1 rings (SSSR count). The molecule has 0 aliphatic carbocycles. The summed E-state index contributed by atoms with van der Waals surface area (Å²) in [5, 5.41) is 1.19. The number of nitrogens with zero attached hydrogens (tertiary/aromatic N) is 1. The molecule has 1 aromatic rings. The van der Waals surface area contributed by atoms with Crippen molar-refractivity contribution in [1.82, 2.24) is 4.90 Å². The molecule has 0 aromatic heterocycles. The van der Waals surface area contributed by atoms with Crippen molar-refractivity contribution < 1.29 is 0 Å². The summed E-state index contributed by atoms with van der Waals surface area (Å²) in [6.07, 6.45) is 0. The lowest BCUT2D eigenvalue weighted by molar-refractivity contribution is 0.310. The van der Waals surface area contributed by atoms with Gasteiger partial charge in [-0.1, -0.05) is 29.3 Å². The topological polar surface area (TPSA) is 29.3 Å². The minimum absolute atomic E-state index is 0. The van der Waals surface area contributed by atoms with Crippen molar-refractivity contribution in [3.8, 4) is 0 Å². The van der Waals surface area contributed by atoms with Crippen molar-refractivity contribution in [2.45, 2.75) is 19.5 Å². The monoisotopic (exact) mass is 282 g/mol. The van der Waals surface area contributed by atoms with E-state index in [2.05, 4.69) is 4.90 Å². The summed E-state index contributed by atoms with van der Waals surface area (Å²) in [6, 6.07) is 5.87. The lowest BCUT2D eigenvalue weighted by Gasteiger charge is -2.19. The molecule has 2 N–H and O–H groups in total. The summed E-state index contributed by atoms with van der Waals surface area (Å²) in [7, 11) is 2.03. The highest BCUT2D eigenvalue weighted by molar-refractivity contribution is 6.42. The molecule has 0 spiro atoms. The van der Waals surface area contributed by atoms with Crippen molar-refractivity contribution in [1.29, 1.82) is 0 Å². The molecule has 0 saturated carbocycles. The standard InChI is InChI=1S/C11H16Cl2N2.ClH/c1-8(14)6-15(2)7-9-3-4-10(12)11(13)5-9;/h3-5,8H,6-7,14H2,1-2H3;1H. The Labute approximate surface area is 113 Å². The molecule has 0 bridgehead atoms. The molecule has 0 radical (unpaired) electrons. The van der Waals surface area contributed by atoms with Gasteiger partial charge in [-0.15, -0.1) is 12.4 Å². The first-order valence-corrected chi connectivity index (χ1v) is 5.62. The number of rotatable bonds is 4. The Kier molecular flexibility index (Phi) is 7.36. The van der Waals surface area contributed by atoms with Crippen LogP contribution < -0.4 is 5.73 Å². The van der Waals surface area contributed by atoms with E-state index in [4.69, 9.17) is 28.9 Å². The molecular formula is C11H17Cl3N2. The van der Waals surface area contributed by atoms with E-state index < -0.39 is 0 Å². The van der Waals surface area contributed by atoms with E-state index in [0.29, 0.717) is 10.0 Å². The zero-order valence-electron chi connectivity index (χ0n) is 9.41. The van der Waals surface area contributed by atoms with Gasteiger partial charge in [-0.3, -0.25) is 0 Å². The maximum atomic E-state index is 5.93. The van der Waals surface area contributed by atoms with Crippen LogP contribution in [-0.4, -0.2) is 24.5 Å². The van der Waals surface area contributed by atoms with E-state index in [1.807, 2.05) is 32.2 Å². The van der Waals surface area contributed by atoms with Gasteiger partial charge in [0, 0.05) is 19.1 Å². The van der Waals surface area contributed by atoms with Crippen molar-refractivity contribution in [3.63, 3.8) is 0 Å². The molecule has 0 saturated heterocycles. The van der Waals surface area contributed by atoms with Crippen LogP contribution in [0, 0.1) is 0 Å². The second-order valence-electron chi connectivity index (χ2n) is 3.92. The molecule has 0 fully saturated rings. The Morgan fingerprint density at radius 1 is 1.31 bits per heavy atom. The van der Waals surface area contributed by atoms with Gasteiger partial charge in [0.05, 0.1) is 10.0 Å². The van der Waals surface area contributed by atoms with Crippen LogP contribution in [-0.2, 0) is 6.54 Å². The second kappa shape index (κ2) is 7.36. The fraction of sp³-hybridized carbons (Fsp3) is 0.455. The predicted octanol–water partition coefficient (Wildman–Crippen LogP) is 3.19.